The molecule has 0 atom stereocenters. The largest absolute Gasteiger partial charge is 0.412 e. The number of allylic oxidation sites excluding steroid dienone is 4. The van der Waals surface area contributed by atoms with E-state index in [9.17, 15) is 17.6 Å². The van der Waals surface area contributed by atoms with E-state index in [4.69, 9.17) is 5.73 Å². The Balaban J connectivity index is 2.91. The molecule has 0 fully saturated rings. The van der Waals surface area contributed by atoms with Gasteiger partial charge in [-0.25, -0.2) is 4.39 Å². The van der Waals surface area contributed by atoms with Crippen LogP contribution in [0.4, 0.5) is 17.6 Å². The van der Waals surface area contributed by atoms with Gasteiger partial charge in [-0.05, 0) is 18.9 Å². The zero-order valence-electron chi connectivity index (χ0n) is 6.08. The van der Waals surface area contributed by atoms with Gasteiger partial charge < -0.3 is 5.73 Å². The Morgan fingerprint density at radius 2 is 1.83 bits per heavy atom. The highest BCUT2D eigenvalue weighted by Gasteiger charge is 2.34. The van der Waals surface area contributed by atoms with Gasteiger partial charge in [0.15, 0.2) is 0 Å². The number of hydrogen-bond acceptors (Lipinski definition) is 1. The zero-order valence-corrected chi connectivity index (χ0v) is 6.08. The molecule has 0 aliphatic heterocycles. The fourth-order valence-electron chi connectivity index (χ4n) is 0.930. The first-order valence-corrected chi connectivity index (χ1v) is 3.33. The van der Waals surface area contributed by atoms with E-state index in [1.807, 2.05) is 0 Å². The van der Waals surface area contributed by atoms with E-state index in [2.05, 4.69) is 0 Å². The van der Waals surface area contributed by atoms with Crippen molar-refractivity contribution >= 4 is 0 Å². The lowest BCUT2D eigenvalue weighted by molar-refractivity contribution is -0.0943. The van der Waals surface area contributed by atoms with Gasteiger partial charge in [0.25, 0.3) is 0 Å². The van der Waals surface area contributed by atoms with Gasteiger partial charge in [-0.2, -0.15) is 13.2 Å². The van der Waals surface area contributed by atoms with Crippen LogP contribution < -0.4 is 5.73 Å². The molecule has 0 saturated heterocycles. The lowest BCUT2D eigenvalue weighted by atomic mass is 10.0. The number of hydrogen-bond donors (Lipinski definition) is 1. The van der Waals surface area contributed by atoms with Gasteiger partial charge in [0.05, 0.1) is 0 Å². The van der Waals surface area contributed by atoms with E-state index in [0.717, 1.165) is 0 Å². The van der Waals surface area contributed by atoms with Crippen molar-refractivity contribution in [3.8, 4) is 0 Å². The molecule has 0 saturated carbocycles. The minimum atomic E-state index is -4.43. The summed E-state index contributed by atoms with van der Waals surface area (Å²) in [6.07, 6.45) is -4.27. The van der Waals surface area contributed by atoms with Gasteiger partial charge in [0.2, 0.25) is 0 Å². The average Bonchev–Trinajstić information content (AvgIpc) is 1.92. The monoisotopic (exact) mass is 181 g/mol. The molecule has 5 heteroatoms. The Bertz CT molecular complexity index is 249. The molecular formula is C7H7F4N. The predicted molar refractivity (Wildman–Crippen MR) is 35.7 cm³/mol. The number of halogens is 4. The summed E-state index contributed by atoms with van der Waals surface area (Å²) >= 11 is 0. The molecule has 0 aromatic rings. The third-order valence-corrected chi connectivity index (χ3v) is 1.64. The molecule has 1 nitrogen and oxygen atoms in total. The third-order valence-electron chi connectivity index (χ3n) is 1.64. The molecule has 0 aromatic heterocycles. The van der Waals surface area contributed by atoms with Gasteiger partial charge in [-0.1, -0.05) is 0 Å². The molecule has 0 unspecified atom stereocenters. The Morgan fingerprint density at radius 3 is 2.25 bits per heavy atom. The topological polar surface area (TPSA) is 26.0 Å². The zero-order chi connectivity index (χ0) is 9.35. The van der Waals surface area contributed by atoms with Crippen LogP contribution in [-0.2, 0) is 0 Å². The van der Waals surface area contributed by atoms with Crippen LogP contribution >= 0.6 is 0 Å². The van der Waals surface area contributed by atoms with Crippen LogP contribution in [0, 0.1) is 0 Å². The SMILES string of the molecule is NC1=C(F)C=C(C(F)(F)F)CC1. The van der Waals surface area contributed by atoms with Crippen molar-refractivity contribution in [1.29, 1.82) is 0 Å². The molecule has 1 aliphatic rings. The van der Waals surface area contributed by atoms with E-state index in [0.29, 0.717) is 6.08 Å². The van der Waals surface area contributed by atoms with Crippen molar-refractivity contribution in [2.75, 3.05) is 0 Å². The van der Waals surface area contributed by atoms with Gasteiger partial charge >= 0.3 is 6.18 Å². The Hall–Kier alpha value is -1.00. The first-order valence-electron chi connectivity index (χ1n) is 3.33. The van der Waals surface area contributed by atoms with Crippen molar-refractivity contribution in [3.05, 3.63) is 23.2 Å². The molecule has 2 N–H and O–H groups in total. The van der Waals surface area contributed by atoms with Crippen LogP contribution in [0.5, 0.6) is 0 Å². The average molecular weight is 181 g/mol. The van der Waals surface area contributed by atoms with Crippen LogP contribution in [0.1, 0.15) is 12.8 Å². The van der Waals surface area contributed by atoms with Crippen LogP contribution in [0.25, 0.3) is 0 Å². The van der Waals surface area contributed by atoms with Gasteiger partial charge in [-0.15, -0.1) is 0 Å². The Labute approximate surface area is 66.5 Å². The lowest BCUT2D eigenvalue weighted by Gasteiger charge is -2.15. The van der Waals surface area contributed by atoms with Crippen molar-refractivity contribution in [2.45, 2.75) is 19.0 Å². The van der Waals surface area contributed by atoms with Crippen LogP contribution in [0.15, 0.2) is 23.2 Å². The number of nitrogens with two attached hydrogens (primary N) is 1. The maximum atomic E-state index is 12.5. The van der Waals surface area contributed by atoms with E-state index in [1.54, 1.807) is 0 Å². The summed E-state index contributed by atoms with van der Waals surface area (Å²) in [6, 6.07) is 0. The van der Waals surface area contributed by atoms with Crippen LogP contribution in [-0.4, -0.2) is 6.18 Å². The molecule has 0 radical (unpaired) electrons. The summed E-state index contributed by atoms with van der Waals surface area (Å²) in [7, 11) is 0. The van der Waals surface area contributed by atoms with Crippen molar-refractivity contribution in [3.63, 3.8) is 0 Å². The molecular weight excluding hydrogens is 174 g/mol. The second kappa shape index (κ2) is 2.80. The summed E-state index contributed by atoms with van der Waals surface area (Å²) in [4.78, 5) is 0. The summed E-state index contributed by atoms with van der Waals surface area (Å²) in [5.41, 5.74) is 4.12. The van der Waals surface area contributed by atoms with Crippen molar-refractivity contribution in [1.82, 2.24) is 0 Å². The first-order chi connectivity index (χ1) is 5.41. The fourth-order valence-corrected chi connectivity index (χ4v) is 0.930. The smallest absolute Gasteiger partial charge is 0.400 e. The van der Waals surface area contributed by atoms with Crippen LogP contribution in [0.2, 0.25) is 0 Å². The number of rotatable bonds is 0. The fraction of sp³-hybridized carbons (Fsp3) is 0.429. The van der Waals surface area contributed by atoms with Crippen molar-refractivity contribution in [2.24, 2.45) is 5.73 Å². The Kier molecular flexibility index (Phi) is 2.12. The van der Waals surface area contributed by atoms with E-state index in [-0.39, 0.29) is 18.5 Å². The second-order valence-corrected chi connectivity index (χ2v) is 2.54. The molecule has 0 heterocycles. The minimum Gasteiger partial charge on any atom is -0.400 e. The van der Waals surface area contributed by atoms with E-state index in [1.165, 1.54) is 0 Å². The third kappa shape index (κ3) is 1.78. The highest BCUT2D eigenvalue weighted by Crippen LogP contribution is 2.34. The molecule has 12 heavy (non-hydrogen) atoms. The molecule has 0 bridgehead atoms. The van der Waals surface area contributed by atoms with E-state index < -0.39 is 17.6 Å². The van der Waals surface area contributed by atoms with Gasteiger partial charge in [0.1, 0.15) is 5.83 Å². The maximum absolute atomic E-state index is 12.5. The predicted octanol–water partition coefficient (Wildman–Crippen LogP) is 2.41. The summed E-state index contributed by atoms with van der Waals surface area (Å²) in [5, 5.41) is 0. The molecule has 0 aromatic carbocycles. The van der Waals surface area contributed by atoms with E-state index >= 15 is 0 Å². The highest BCUT2D eigenvalue weighted by atomic mass is 19.4. The van der Waals surface area contributed by atoms with Gasteiger partial charge in [0, 0.05) is 11.3 Å². The molecule has 1 rings (SSSR count). The minimum absolute atomic E-state index is 0.0584. The quantitative estimate of drug-likeness (QED) is 0.570. The standard InChI is InChI=1S/C7H7F4N/c8-5-3-4(7(9,10)11)1-2-6(5)12/h3H,1-2,12H2. The second-order valence-electron chi connectivity index (χ2n) is 2.54. The molecule has 1 aliphatic carbocycles. The summed E-state index contributed by atoms with van der Waals surface area (Å²) < 4.78 is 48.4. The highest BCUT2D eigenvalue weighted by molar-refractivity contribution is 5.29. The summed E-state index contributed by atoms with van der Waals surface area (Å²) in [6.45, 7) is 0. The molecule has 0 amide bonds. The van der Waals surface area contributed by atoms with Gasteiger partial charge in [-0.3, -0.25) is 0 Å². The lowest BCUT2D eigenvalue weighted by Crippen LogP contribution is -2.16. The summed E-state index contributed by atoms with van der Waals surface area (Å²) in [5.74, 6) is -0.964. The normalized spacial score (nSPS) is 19.5. The van der Waals surface area contributed by atoms with Crippen LogP contribution in [0.3, 0.4) is 0 Å². The first kappa shape index (κ1) is 9.09. The number of alkyl halides is 3. The Morgan fingerprint density at radius 1 is 1.25 bits per heavy atom. The molecule has 0 spiro atoms. The molecule has 68 valence electrons. The van der Waals surface area contributed by atoms with Crippen molar-refractivity contribution < 1.29 is 17.6 Å². The maximum Gasteiger partial charge on any atom is 0.412 e.